The highest BCUT2D eigenvalue weighted by molar-refractivity contribution is 5.80. The molecule has 2 saturated heterocycles. The molecule has 2 aromatic heterocycles. The van der Waals surface area contributed by atoms with Crippen LogP contribution in [0.15, 0.2) is 24.4 Å². The van der Waals surface area contributed by atoms with Gasteiger partial charge in [0.05, 0.1) is 24.3 Å². The maximum absolute atomic E-state index is 13.7. The Morgan fingerprint density at radius 2 is 2.14 bits per heavy atom. The zero-order chi connectivity index (χ0) is 26.7. The average molecular weight is 515 g/mol. The van der Waals surface area contributed by atoms with E-state index in [1.807, 2.05) is 18.0 Å². The van der Waals surface area contributed by atoms with Gasteiger partial charge in [0.1, 0.15) is 23.4 Å². The zero-order valence-corrected chi connectivity index (χ0v) is 20.6. The molecular weight excluding hydrogens is 486 g/mol. The number of aliphatic hydroxyl groups excluding tert-OH is 1. The molecule has 13 heteroatoms. The Morgan fingerprint density at radius 3 is 2.78 bits per heavy atom. The first-order valence-corrected chi connectivity index (χ1v) is 11.7. The standard InChI is InChI=1S/C24H28F2N8O3/c1-31-7-8-33(22(36)13-31)12-16-3-4-21(29-18(16)14-35)32(2)23(37)30-20-9-19(17(10-27)11-28-20)34-6-5-24(25,26)15-34/h3-4,9,11,14,23,37H,5-8,12-13,15H2,1-2H3,(H,28,30). The monoisotopic (exact) mass is 514 g/mol. The van der Waals surface area contributed by atoms with Crippen LogP contribution in [0.25, 0.3) is 0 Å². The summed E-state index contributed by atoms with van der Waals surface area (Å²) in [4.78, 5) is 38.9. The van der Waals surface area contributed by atoms with Crippen LogP contribution in [0.1, 0.15) is 28.0 Å². The maximum atomic E-state index is 13.7. The highest BCUT2D eigenvalue weighted by Gasteiger charge is 2.39. The summed E-state index contributed by atoms with van der Waals surface area (Å²) in [6.07, 6.45) is 0.217. The van der Waals surface area contributed by atoms with E-state index in [1.54, 1.807) is 24.1 Å². The van der Waals surface area contributed by atoms with Crippen molar-refractivity contribution in [1.82, 2.24) is 19.8 Å². The quantitative estimate of drug-likeness (QED) is 0.390. The van der Waals surface area contributed by atoms with Crippen molar-refractivity contribution >= 4 is 29.5 Å². The van der Waals surface area contributed by atoms with Crippen molar-refractivity contribution in [1.29, 1.82) is 5.26 Å². The van der Waals surface area contributed by atoms with Gasteiger partial charge >= 0.3 is 0 Å². The number of anilines is 3. The molecule has 0 bridgehead atoms. The van der Waals surface area contributed by atoms with Crippen LogP contribution in [0.5, 0.6) is 0 Å². The molecule has 2 N–H and O–H groups in total. The lowest BCUT2D eigenvalue weighted by molar-refractivity contribution is -0.136. The molecule has 0 spiro atoms. The van der Waals surface area contributed by atoms with Crippen molar-refractivity contribution in [2.45, 2.75) is 25.2 Å². The molecular formula is C24H28F2N8O3. The third kappa shape index (κ3) is 5.92. The number of hydrogen-bond acceptors (Lipinski definition) is 10. The van der Waals surface area contributed by atoms with Gasteiger partial charge in [0.25, 0.3) is 5.92 Å². The number of pyridine rings is 2. The molecule has 2 aliphatic rings. The fraction of sp³-hybridized carbons (Fsp3) is 0.458. The summed E-state index contributed by atoms with van der Waals surface area (Å²) in [5, 5.41) is 22.9. The van der Waals surface area contributed by atoms with Crippen LogP contribution < -0.4 is 15.1 Å². The van der Waals surface area contributed by atoms with Gasteiger partial charge in [-0.05, 0) is 13.1 Å². The molecule has 4 rings (SSSR count). The molecule has 0 radical (unpaired) electrons. The van der Waals surface area contributed by atoms with Crippen LogP contribution in [0.4, 0.5) is 26.1 Å². The molecule has 2 aliphatic heterocycles. The zero-order valence-electron chi connectivity index (χ0n) is 20.6. The molecule has 37 heavy (non-hydrogen) atoms. The number of rotatable bonds is 8. The van der Waals surface area contributed by atoms with Gasteiger partial charge in [-0.15, -0.1) is 0 Å². The number of aliphatic hydroxyl groups is 1. The second-order valence-electron chi connectivity index (χ2n) is 9.24. The van der Waals surface area contributed by atoms with Gasteiger partial charge in [-0.2, -0.15) is 5.26 Å². The molecule has 0 aliphatic carbocycles. The molecule has 196 valence electrons. The first kappa shape index (κ1) is 26.2. The lowest BCUT2D eigenvalue weighted by Gasteiger charge is -2.32. The number of nitrogens with zero attached hydrogens (tertiary/aromatic N) is 7. The Balaban J connectivity index is 1.47. The summed E-state index contributed by atoms with van der Waals surface area (Å²) in [6.45, 7) is 1.45. The van der Waals surface area contributed by atoms with E-state index in [1.165, 1.54) is 22.1 Å². The number of likely N-dealkylation sites (N-methyl/N-ethyl adjacent to an activating group) is 1. The lowest BCUT2D eigenvalue weighted by Crippen LogP contribution is -2.48. The Kier molecular flexibility index (Phi) is 7.51. The van der Waals surface area contributed by atoms with Crippen molar-refractivity contribution < 1.29 is 23.5 Å². The third-order valence-electron chi connectivity index (χ3n) is 6.50. The highest BCUT2D eigenvalue weighted by atomic mass is 19.3. The van der Waals surface area contributed by atoms with Gasteiger partial charge in [-0.25, -0.2) is 18.7 Å². The van der Waals surface area contributed by atoms with E-state index < -0.39 is 18.8 Å². The number of hydrogen-bond donors (Lipinski definition) is 2. The highest BCUT2D eigenvalue weighted by Crippen LogP contribution is 2.33. The van der Waals surface area contributed by atoms with E-state index in [0.29, 0.717) is 30.6 Å². The predicted octanol–water partition coefficient (Wildman–Crippen LogP) is 1.10. The van der Waals surface area contributed by atoms with Gasteiger partial charge in [0.2, 0.25) is 12.3 Å². The van der Waals surface area contributed by atoms with Gasteiger partial charge in [0.15, 0.2) is 6.29 Å². The topological polar surface area (TPSA) is 129 Å². The number of carbonyl (C=O) groups excluding carboxylic acids is 2. The van der Waals surface area contributed by atoms with Crippen LogP contribution in [0.3, 0.4) is 0 Å². The molecule has 1 unspecified atom stereocenters. The molecule has 0 saturated carbocycles. The van der Waals surface area contributed by atoms with E-state index >= 15 is 0 Å². The summed E-state index contributed by atoms with van der Waals surface area (Å²) in [5.74, 6) is -2.42. The molecule has 4 heterocycles. The molecule has 1 amide bonds. The molecule has 2 fully saturated rings. The number of amides is 1. The molecule has 2 aromatic rings. The number of halogens is 2. The fourth-order valence-electron chi connectivity index (χ4n) is 4.29. The number of carbonyl (C=O) groups is 2. The number of piperazine rings is 1. The summed E-state index contributed by atoms with van der Waals surface area (Å²) in [5.41, 5.74) is 1.19. The first-order chi connectivity index (χ1) is 17.6. The summed E-state index contributed by atoms with van der Waals surface area (Å²) < 4.78 is 27.4. The van der Waals surface area contributed by atoms with E-state index in [-0.39, 0.29) is 48.3 Å². The second-order valence-corrected chi connectivity index (χ2v) is 9.24. The lowest BCUT2D eigenvalue weighted by atomic mass is 10.1. The number of nitrogens with one attached hydrogen (secondary N) is 1. The second kappa shape index (κ2) is 10.6. The van der Waals surface area contributed by atoms with Crippen LogP contribution in [0.2, 0.25) is 0 Å². The van der Waals surface area contributed by atoms with Gasteiger partial charge in [-0.1, -0.05) is 6.07 Å². The van der Waals surface area contributed by atoms with Crippen molar-refractivity contribution in [2.75, 3.05) is 61.9 Å². The van der Waals surface area contributed by atoms with E-state index in [9.17, 15) is 28.7 Å². The van der Waals surface area contributed by atoms with Crippen LogP contribution >= 0.6 is 0 Å². The molecule has 0 aromatic carbocycles. The molecule has 1 atom stereocenters. The fourth-order valence-corrected chi connectivity index (χ4v) is 4.29. The minimum Gasteiger partial charge on any atom is -0.364 e. The van der Waals surface area contributed by atoms with Crippen LogP contribution in [-0.4, -0.2) is 96.2 Å². The summed E-state index contributed by atoms with van der Waals surface area (Å²) >= 11 is 0. The van der Waals surface area contributed by atoms with Crippen molar-refractivity contribution in [3.8, 4) is 6.07 Å². The number of aldehydes is 1. The van der Waals surface area contributed by atoms with Crippen molar-refractivity contribution in [2.24, 2.45) is 0 Å². The van der Waals surface area contributed by atoms with E-state index in [2.05, 4.69) is 15.3 Å². The number of alkyl halides is 2. The number of aromatic nitrogens is 2. The third-order valence-corrected chi connectivity index (χ3v) is 6.50. The largest absolute Gasteiger partial charge is 0.364 e. The smallest absolute Gasteiger partial charge is 0.266 e. The van der Waals surface area contributed by atoms with Crippen LogP contribution in [-0.2, 0) is 11.3 Å². The number of nitriles is 1. The summed E-state index contributed by atoms with van der Waals surface area (Å²) in [6, 6.07) is 6.71. The minimum absolute atomic E-state index is 0.0293. The van der Waals surface area contributed by atoms with Crippen LogP contribution in [0, 0.1) is 11.3 Å². The van der Waals surface area contributed by atoms with E-state index in [4.69, 9.17) is 0 Å². The predicted molar refractivity (Wildman–Crippen MR) is 131 cm³/mol. The molecule has 11 nitrogen and oxygen atoms in total. The van der Waals surface area contributed by atoms with Crippen molar-refractivity contribution in [3.05, 3.63) is 41.2 Å². The van der Waals surface area contributed by atoms with Gasteiger partial charge < -0.3 is 25.1 Å². The Bertz CT molecular complexity index is 1220. The van der Waals surface area contributed by atoms with Gasteiger partial charge in [-0.3, -0.25) is 14.5 Å². The van der Waals surface area contributed by atoms with Crippen molar-refractivity contribution in [3.63, 3.8) is 0 Å². The normalized spacial score (nSPS) is 18.4. The van der Waals surface area contributed by atoms with E-state index in [0.717, 1.165) is 6.54 Å². The maximum Gasteiger partial charge on any atom is 0.266 e. The summed E-state index contributed by atoms with van der Waals surface area (Å²) in [7, 11) is 3.42. The Morgan fingerprint density at radius 1 is 1.35 bits per heavy atom. The SMILES string of the molecule is CN1CCN(Cc2ccc(N(C)C(O)Nc3cc(N4CCC(F)(F)C4)c(C#N)cn3)nc2C=O)C(=O)C1. The first-order valence-electron chi connectivity index (χ1n) is 11.7. The minimum atomic E-state index is -2.84. The average Bonchev–Trinajstić information content (AvgIpc) is 3.24. The Hall–Kier alpha value is -3.89. The van der Waals surface area contributed by atoms with Gasteiger partial charge in [0, 0.05) is 57.5 Å². The Labute approximate surface area is 212 Å².